The van der Waals surface area contributed by atoms with Gasteiger partial charge in [-0.3, -0.25) is 0 Å². The van der Waals surface area contributed by atoms with Crippen LogP contribution in [0.25, 0.3) is 10.2 Å². The van der Waals surface area contributed by atoms with E-state index in [9.17, 15) is 0 Å². The first-order chi connectivity index (χ1) is 9.03. The number of nitrogens with zero attached hydrogens (tertiary/aromatic N) is 1. The van der Waals surface area contributed by atoms with Crippen molar-refractivity contribution >= 4 is 38.3 Å². The lowest BCUT2D eigenvalue weighted by Crippen LogP contribution is -2.31. The molecule has 3 rings (SSSR count). The van der Waals surface area contributed by atoms with Gasteiger partial charge in [-0.2, -0.15) is 0 Å². The average molecular weight is 295 g/mol. The van der Waals surface area contributed by atoms with Gasteiger partial charge in [0, 0.05) is 6.04 Å². The van der Waals surface area contributed by atoms with E-state index in [-0.39, 0.29) is 0 Å². The Morgan fingerprint density at radius 1 is 1.42 bits per heavy atom. The number of anilines is 1. The number of fused-ring (bicyclic) bond motifs is 1. The van der Waals surface area contributed by atoms with Crippen LogP contribution in [0.2, 0.25) is 5.02 Å². The molecule has 1 aliphatic rings. The van der Waals surface area contributed by atoms with Crippen LogP contribution in [-0.2, 0) is 0 Å². The maximum absolute atomic E-state index is 6.20. The molecule has 1 unspecified atom stereocenters. The third-order valence-electron chi connectivity index (χ3n) is 3.90. The van der Waals surface area contributed by atoms with E-state index in [1.165, 1.54) is 25.7 Å². The first kappa shape index (κ1) is 13.2. The second-order valence-corrected chi connectivity index (χ2v) is 7.62. The predicted octanol–water partition coefficient (Wildman–Crippen LogP) is 5.33. The van der Waals surface area contributed by atoms with E-state index in [1.807, 2.05) is 18.2 Å². The number of thiazole rings is 1. The summed E-state index contributed by atoms with van der Waals surface area (Å²) in [7, 11) is 0. The number of hydrogen-bond acceptors (Lipinski definition) is 3. The molecule has 1 fully saturated rings. The van der Waals surface area contributed by atoms with Gasteiger partial charge in [-0.05, 0) is 36.8 Å². The van der Waals surface area contributed by atoms with Gasteiger partial charge in [0.15, 0.2) is 5.13 Å². The monoisotopic (exact) mass is 294 g/mol. The summed E-state index contributed by atoms with van der Waals surface area (Å²) >= 11 is 7.86. The van der Waals surface area contributed by atoms with Crippen molar-refractivity contribution in [3.05, 3.63) is 23.2 Å². The third-order valence-corrected chi connectivity index (χ3v) is 5.36. The zero-order valence-electron chi connectivity index (χ0n) is 11.4. The fraction of sp³-hybridized carbons (Fsp3) is 0.533. The van der Waals surface area contributed by atoms with Crippen LogP contribution < -0.4 is 5.32 Å². The number of rotatable bonds is 2. The quantitative estimate of drug-likeness (QED) is 0.809. The van der Waals surface area contributed by atoms with Crippen molar-refractivity contribution < 1.29 is 0 Å². The maximum Gasteiger partial charge on any atom is 0.184 e. The Labute approximate surface area is 123 Å². The van der Waals surface area contributed by atoms with Crippen LogP contribution in [0, 0.1) is 5.41 Å². The molecule has 19 heavy (non-hydrogen) atoms. The SMILES string of the molecule is CC1(C)CCCC(Nc2nc3cccc(Cl)c3s2)C1. The first-order valence-electron chi connectivity index (χ1n) is 6.85. The van der Waals surface area contributed by atoms with Gasteiger partial charge in [-0.15, -0.1) is 0 Å². The average Bonchev–Trinajstić information content (AvgIpc) is 2.71. The molecule has 1 N–H and O–H groups in total. The second kappa shape index (κ2) is 4.95. The lowest BCUT2D eigenvalue weighted by Gasteiger charge is -2.35. The van der Waals surface area contributed by atoms with E-state index in [4.69, 9.17) is 11.6 Å². The Bertz CT molecular complexity index is 591. The maximum atomic E-state index is 6.20. The molecule has 2 nitrogen and oxygen atoms in total. The summed E-state index contributed by atoms with van der Waals surface area (Å²) in [6.07, 6.45) is 5.09. The molecule has 102 valence electrons. The fourth-order valence-corrected chi connectivity index (χ4v) is 4.21. The highest BCUT2D eigenvalue weighted by molar-refractivity contribution is 7.22. The minimum Gasteiger partial charge on any atom is -0.359 e. The van der Waals surface area contributed by atoms with Crippen LogP contribution in [0.1, 0.15) is 39.5 Å². The highest BCUT2D eigenvalue weighted by atomic mass is 35.5. The number of nitrogens with one attached hydrogen (secondary N) is 1. The minimum atomic E-state index is 0.449. The number of hydrogen-bond donors (Lipinski definition) is 1. The van der Waals surface area contributed by atoms with Gasteiger partial charge in [0.05, 0.1) is 15.2 Å². The summed E-state index contributed by atoms with van der Waals surface area (Å²) in [5.41, 5.74) is 1.44. The topological polar surface area (TPSA) is 24.9 Å². The Hall–Kier alpha value is -0.800. The summed E-state index contributed by atoms with van der Waals surface area (Å²) in [5.74, 6) is 0. The normalized spacial score (nSPS) is 22.6. The van der Waals surface area contributed by atoms with Crippen molar-refractivity contribution in [1.82, 2.24) is 4.98 Å². The summed E-state index contributed by atoms with van der Waals surface area (Å²) in [5, 5.41) is 5.41. The van der Waals surface area contributed by atoms with E-state index in [2.05, 4.69) is 24.1 Å². The van der Waals surface area contributed by atoms with Gasteiger partial charge < -0.3 is 5.32 Å². The smallest absolute Gasteiger partial charge is 0.184 e. The van der Waals surface area contributed by atoms with Crippen LogP contribution in [0.4, 0.5) is 5.13 Å². The Kier molecular flexibility index (Phi) is 3.44. The van der Waals surface area contributed by atoms with Crippen LogP contribution in [-0.4, -0.2) is 11.0 Å². The number of aromatic nitrogens is 1. The van der Waals surface area contributed by atoms with E-state index in [0.29, 0.717) is 11.5 Å². The van der Waals surface area contributed by atoms with Crippen LogP contribution in [0.15, 0.2) is 18.2 Å². The Morgan fingerprint density at radius 3 is 3.00 bits per heavy atom. The zero-order chi connectivity index (χ0) is 13.5. The van der Waals surface area contributed by atoms with Crippen LogP contribution >= 0.6 is 22.9 Å². The van der Waals surface area contributed by atoms with E-state index >= 15 is 0 Å². The molecule has 1 heterocycles. The van der Waals surface area contributed by atoms with Gasteiger partial charge >= 0.3 is 0 Å². The Morgan fingerprint density at radius 2 is 2.26 bits per heavy atom. The molecule has 1 atom stereocenters. The molecule has 1 saturated carbocycles. The largest absolute Gasteiger partial charge is 0.359 e. The molecule has 0 amide bonds. The lowest BCUT2D eigenvalue weighted by molar-refractivity contribution is 0.229. The molecule has 1 aliphatic carbocycles. The molecule has 0 spiro atoms. The highest BCUT2D eigenvalue weighted by Crippen LogP contribution is 2.38. The molecule has 0 bridgehead atoms. The molecular formula is C15H19ClN2S. The summed E-state index contributed by atoms with van der Waals surface area (Å²) in [6, 6.07) is 6.45. The minimum absolute atomic E-state index is 0.449. The predicted molar refractivity (Wildman–Crippen MR) is 84.3 cm³/mol. The van der Waals surface area contributed by atoms with E-state index < -0.39 is 0 Å². The molecule has 2 aromatic rings. The summed E-state index contributed by atoms with van der Waals surface area (Å²) in [4.78, 5) is 4.64. The van der Waals surface area contributed by atoms with Gasteiger partial charge in [0.25, 0.3) is 0 Å². The Balaban J connectivity index is 1.80. The van der Waals surface area contributed by atoms with Crippen molar-refractivity contribution in [3.8, 4) is 0 Å². The molecule has 1 aromatic heterocycles. The second-order valence-electron chi connectivity index (χ2n) is 6.21. The van der Waals surface area contributed by atoms with E-state index in [0.717, 1.165) is 20.4 Å². The van der Waals surface area contributed by atoms with Crippen molar-refractivity contribution in [2.75, 3.05) is 5.32 Å². The molecule has 1 aromatic carbocycles. The van der Waals surface area contributed by atoms with Gasteiger partial charge in [-0.1, -0.05) is 49.3 Å². The highest BCUT2D eigenvalue weighted by Gasteiger charge is 2.28. The fourth-order valence-electron chi connectivity index (χ4n) is 2.97. The van der Waals surface area contributed by atoms with E-state index in [1.54, 1.807) is 11.3 Å². The van der Waals surface area contributed by atoms with Crippen LogP contribution in [0.3, 0.4) is 0 Å². The number of halogens is 1. The standard InChI is InChI=1S/C15H19ClN2S/c1-15(2)8-4-5-10(9-15)17-14-18-12-7-3-6-11(16)13(12)19-14/h3,6-7,10H,4-5,8-9H2,1-2H3,(H,17,18). The third kappa shape index (κ3) is 2.87. The lowest BCUT2D eigenvalue weighted by atomic mass is 9.75. The first-order valence-corrected chi connectivity index (χ1v) is 8.05. The van der Waals surface area contributed by atoms with Crippen molar-refractivity contribution in [2.45, 2.75) is 45.6 Å². The summed E-state index contributed by atoms with van der Waals surface area (Å²) < 4.78 is 1.08. The number of benzene rings is 1. The summed E-state index contributed by atoms with van der Waals surface area (Å²) in [6.45, 7) is 4.71. The molecular weight excluding hydrogens is 276 g/mol. The molecule has 4 heteroatoms. The van der Waals surface area contributed by atoms with Crippen LogP contribution in [0.5, 0.6) is 0 Å². The molecule has 0 saturated heterocycles. The van der Waals surface area contributed by atoms with Crippen molar-refractivity contribution in [2.24, 2.45) is 5.41 Å². The van der Waals surface area contributed by atoms with Crippen molar-refractivity contribution in [3.63, 3.8) is 0 Å². The molecule has 0 radical (unpaired) electrons. The zero-order valence-corrected chi connectivity index (χ0v) is 12.9. The van der Waals surface area contributed by atoms with Gasteiger partial charge in [0.2, 0.25) is 0 Å². The van der Waals surface area contributed by atoms with Gasteiger partial charge in [-0.25, -0.2) is 4.98 Å². The van der Waals surface area contributed by atoms with Gasteiger partial charge in [0.1, 0.15) is 0 Å². The van der Waals surface area contributed by atoms with Crippen molar-refractivity contribution in [1.29, 1.82) is 0 Å². The molecule has 0 aliphatic heterocycles.